The zero-order chi connectivity index (χ0) is 68.9. The molecule has 3 saturated heterocycles. The molecule has 12 N–H and O–H groups in total. The lowest BCUT2D eigenvalue weighted by Gasteiger charge is -2.48. The molecule has 0 bridgehead atoms. The molecular formula is C76H123NO18. The number of rotatable bonds is 52. The molecule has 17 atom stereocenters. The van der Waals surface area contributed by atoms with E-state index in [2.05, 4.69) is 153 Å². The molecule has 17 unspecified atom stereocenters. The van der Waals surface area contributed by atoms with Gasteiger partial charge in [0.05, 0.1) is 38.6 Å². The van der Waals surface area contributed by atoms with Gasteiger partial charge < -0.3 is 89.9 Å². The Balaban J connectivity index is 1.46. The van der Waals surface area contributed by atoms with Gasteiger partial charge >= 0.3 is 0 Å². The fraction of sp³-hybridized carbons (Fsp3) is 0.671. The first-order valence-corrected chi connectivity index (χ1v) is 35.6. The molecule has 0 aliphatic carbocycles. The van der Waals surface area contributed by atoms with Gasteiger partial charge in [0.15, 0.2) is 18.9 Å². The van der Waals surface area contributed by atoms with Crippen molar-refractivity contribution >= 4 is 5.91 Å². The number of amides is 1. The van der Waals surface area contributed by atoms with Crippen LogP contribution in [0, 0.1) is 0 Å². The first-order valence-electron chi connectivity index (χ1n) is 35.6. The Morgan fingerprint density at radius 3 is 1.18 bits per heavy atom. The zero-order valence-electron chi connectivity index (χ0n) is 57.1. The second kappa shape index (κ2) is 55.5. The van der Waals surface area contributed by atoms with E-state index < -0.39 is 131 Å². The number of aliphatic hydroxyl groups is 11. The topological polar surface area (TPSA) is 307 Å². The van der Waals surface area contributed by atoms with Crippen molar-refractivity contribution in [1.29, 1.82) is 0 Å². The summed E-state index contributed by atoms with van der Waals surface area (Å²) < 4.78 is 34.3. The normalized spacial score (nSPS) is 28.1. The summed E-state index contributed by atoms with van der Waals surface area (Å²) in [6, 6.07) is -1.03. The van der Waals surface area contributed by atoms with Gasteiger partial charge in [-0.05, 0) is 116 Å². The number of ether oxygens (including phenoxy) is 6. The maximum absolute atomic E-state index is 13.4. The van der Waals surface area contributed by atoms with Gasteiger partial charge in [-0.1, -0.05) is 217 Å². The van der Waals surface area contributed by atoms with Crippen molar-refractivity contribution in [2.45, 2.75) is 298 Å². The molecule has 19 heteroatoms. The van der Waals surface area contributed by atoms with Gasteiger partial charge in [-0.25, -0.2) is 0 Å². The number of nitrogens with one attached hydrogen (secondary N) is 1. The van der Waals surface area contributed by atoms with E-state index in [4.69, 9.17) is 28.4 Å². The average Bonchev–Trinajstić information content (AvgIpc) is 0.787. The molecule has 0 spiro atoms. The molecular weight excluding hydrogens is 1210 g/mol. The van der Waals surface area contributed by atoms with Crippen LogP contribution in [0.4, 0.5) is 0 Å². The Morgan fingerprint density at radius 1 is 0.389 bits per heavy atom. The van der Waals surface area contributed by atoms with Gasteiger partial charge in [0.1, 0.15) is 73.2 Å². The van der Waals surface area contributed by atoms with E-state index >= 15 is 0 Å². The van der Waals surface area contributed by atoms with Crippen LogP contribution in [-0.2, 0) is 33.2 Å². The second-order valence-corrected chi connectivity index (χ2v) is 24.6. The minimum absolute atomic E-state index is 0.181. The maximum atomic E-state index is 13.4. The minimum Gasteiger partial charge on any atom is -0.394 e. The molecule has 1 amide bonds. The lowest BCUT2D eigenvalue weighted by molar-refractivity contribution is -0.379. The van der Waals surface area contributed by atoms with Crippen molar-refractivity contribution in [1.82, 2.24) is 5.32 Å². The van der Waals surface area contributed by atoms with Crippen LogP contribution < -0.4 is 5.32 Å². The fourth-order valence-electron chi connectivity index (χ4n) is 10.9. The summed E-state index contributed by atoms with van der Waals surface area (Å²) in [5.74, 6) is -0.328. The van der Waals surface area contributed by atoms with Gasteiger partial charge in [0.2, 0.25) is 5.91 Å². The van der Waals surface area contributed by atoms with Crippen molar-refractivity contribution in [3.63, 3.8) is 0 Å². The molecule has 95 heavy (non-hydrogen) atoms. The Kier molecular flexibility index (Phi) is 49.6. The Morgan fingerprint density at radius 2 is 0.737 bits per heavy atom. The number of unbranched alkanes of at least 4 members (excludes halogenated alkanes) is 14. The second-order valence-electron chi connectivity index (χ2n) is 24.6. The predicted molar refractivity (Wildman–Crippen MR) is 373 cm³/mol. The lowest BCUT2D eigenvalue weighted by Crippen LogP contribution is -2.66. The molecule has 540 valence electrons. The highest BCUT2D eigenvalue weighted by Crippen LogP contribution is 2.33. The summed E-state index contributed by atoms with van der Waals surface area (Å²) in [5.41, 5.74) is 0. The van der Waals surface area contributed by atoms with Crippen LogP contribution in [0.5, 0.6) is 0 Å². The quantitative estimate of drug-likeness (QED) is 0.0199. The van der Waals surface area contributed by atoms with E-state index in [1.165, 1.54) is 57.8 Å². The number of allylic oxidation sites excluding steroid dienone is 23. The molecule has 0 saturated carbocycles. The van der Waals surface area contributed by atoms with E-state index in [1.807, 2.05) is 6.08 Å². The highest BCUT2D eigenvalue weighted by Gasteiger charge is 2.53. The molecule has 0 radical (unpaired) electrons. The van der Waals surface area contributed by atoms with Gasteiger partial charge in [-0.3, -0.25) is 4.79 Å². The molecule has 19 nitrogen and oxygen atoms in total. The number of hydrogen-bond acceptors (Lipinski definition) is 18. The fourth-order valence-corrected chi connectivity index (χ4v) is 10.9. The van der Waals surface area contributed by atoms with Gasteiger partial charge in [-0.2, -0.15) is 0 Å². The van der Waals surface area contributed by atoms with Gasteiger partial charge in [0, 0.05) is 6.42 Å². The molecule has 3 heterocycles. The molecule has 3 aliphatic heterocycles. The third-order valence-corrected chi connectivity index (χ3v) is 16.6. The summed E-state index contributed by atoms with van der Waals surface area (Å²) in [4.78, 5) is 13.4. The summed E-state index contributed by atoms with van der Waals surface area (Å²) in [7, 11) is 0. The van der Waals surface area contributed by atoms with E-state index in [0.717, 1.165) is 103 Å². The van der Waals surface area contributed by atoms with Crippen LogP contribution in [0.25, 0.3) is 0 Å². The van der Waals surface area contributed by atoms with Gasteiger partial charge in [-0.15, -0.1) is 0 Å². The molecule has 0 aromatic heterocycles. The largest absolute Gasteiger partial charge is 0.394 e. The Labute approximate surface area is 568 Å². The third kappa shape index (κ3) is 36.9. The number of hydrogen-bond donors (Lipinski definition) is 12. The highest BCUT2D eigenvalue weighted by atomic mass is 16.8. The highest BCUT2D eigenvalue weighted by molar-refractivity contribution is 5.76. The number of carbonyl (C=O) groups excluding carboxylic acids is 1. The monoisotopic (exact) mass is 1340 g/mol. The van der Waals surface area contributed by atoms with Crippen LogP contribution in [0.15, 0.2) is 146 Å². The van der Waals surface area contributed by atoms with Crippen LogP contribution in [0.2, 0.25) is 0 Å². The lowest BCUT2D eigenvalue weighted by atomic mass is 9.96. The zero-order valence-corrected chi connectivity index (χ0v) is 57.1. The van der Waals surface area contributed by atoms with Crippen molar-refractivity contribution in [2.24, 2.45) is 0 Å². The minimum atomic E-state index is -1.99. The molecule has 3 aliphatic rings. The summed E-state index contributed by atoms with van der Waals surface area (Å²) >= 11 is 0. The van der Waals surface area contributed by atoms with Crippen LogP contribution >= 0.6 is 0 Å². The maximum Gasteiger partial charge on any atom is 0.220 e. The Bertz CT molecular complexity index is 2290. The summed E-state index contributed by atoms with van der Waals surface area (Å²) in [5, 5.41) is 121. The summed E-state index contributed by atoms with van der Waals surface area (Å²) in [6.45, 7) is 1.54. The third-order valence-electron chi connectivity index (χ3n) is 16.6. The Hall–Kier alpha value is -4.33. The van der Waals surface area contributed by atoms with Crippen LogP contribution in [0.1, 0.15) is 194 Å². The van der Waals surface area contributed by atoms with E-state index in [0.29, 0.717) is 12.8 Å². The van der Waals surface area contributed by atoms with Crippen molar-refractivity contribution < 1.29 is 89.4 Å². The molecule has 3 fully saturated rings. The van der Waals surface area contributed by atoms with Crippen LogP contribution in [-0.4, -0.2) is 193 Å². The van der Waals surface area contributed by atoms with Crippen molar-refractivity contribution in [3.05, 3.63) is 146 Å². The van der Waals surface area contributed by atoms with Crippen LogP contribution in [0.3, 0.4) is 0 Å². The average molecular weight is 1340 g/mol. The number of carbonyl (C=O) groups is 1. The molecule has 0 aromatic rings. The molecule has 0 aromatic carbocycles. The summed E-state index contributed by atoms with van der Waals surface area (Å²) in [6.07, 6.45) is 52.4. The van der Waals surface area contributed by atoms with E-state index in [-0.39, 0.29) is 12.3 Å². The molecule has 3 rings (SSSR count). The first kappa shape index (κ1) is 84.9. The van der Waals surface area contributed by atoms with Crippen molar-refractivity contribution in [3.8, 4) is 0 Å². The first-order chi connectivity index (χ1) is 46.3. The smallest absolute Gasteiger partial charge is 0.220 e. The predicted octanol–water partition coefficient (Wildman–Crippen LogP) is 9.93. The SMILES string of the molecule is CC/C=C\C/C=C\C/C=C\C/C=C\C/C=C\C/C=C\C/C=C\C/C=C\C/C=C\CCCCCC(=O)NC(COC1OC(CO)C(OC2OC(CO)C(OC3OC(CO)C(O)C(O)C3O)C(O)C2O)C(O)C1O)C(O)/C=C/CC/C=C/CC/C=C/CCCCCCCCCCC. The van der Waals surface area contributed by atoms with E-state index in [1.54, 1.807) is 6.08 Å². The standard InChI is InChI=1S/C76H123NO18/c1-3-5-7-9-11-13-15-17-19-21-23-24-25-26-27-28-29-30-31-32-33-34-36-38-40-42-44-46-48-50-52-54-64(82)77-59(60(81)53-51-49-47-45-43-41-39-37-35-22-20-18-16-14-12-10-8-6-4-2)58-90-74-70(88)67(85)72(62(56-79)92-74)95-76-71(89)68(86)73(63(57-80)93-76)94-75-69(87)66(84)65(83)61(55-78)91-75/h5,7,11,13,17,19,23-24,26-27,29-30,32-33,35-38,42-45,51,53,59-63,65-76,78-81,83-89H,3-4,6,8-10,12,14-16,18,20-22,25,28,31,34,39-41,46-50,52,54-58H2,1-2H3,(H,77,82)/b7-5-,13-11-,19-17-,24-23-,27-26-,30-29-,33-32-,37-35+,38-36-,44-42-,45-43+,53-51+. The van der Waals surface area contributed by atoms with Crippen molar-refractivity contribution in [2.75, 3.05) is 26.4 Å². The van der Waals surface area contributed by atoms with Gasteiger partial charge in [0.25, 0.3) is 0 Å². The number of aliphatic hydroxyl groups excluding tert-OH is 11. The van der Waals surface area contributed by atoms with E-state index in [9.17, 15) is 61.0 Å².